The van der Waals surface area contributed by atoms with Crippen molar-refractivity contribution in [3.05, 3.63) is 63.2 Å². The van der Waals surface area contributed by atoms with E-state index >= 15 is 0 Å². The molecule has 0 aliphatic heterocycles. The van der Waals surface area contributed by atoms with Crippen LogP contribution in [0.15, 0.2) is 42.6 Å². The molecule has 1 aromatic heterocycles. The molecule has 0 saturated carbocycles. The largest absolute Gasteiger partial charge is 0.385 e. The van der Waals surface area contributed by atoms with Crippen molar-refractivity contribution in [3.63, 3.8) is 0 Å². The van der Waals surface area contributed by atoms with Crippen molar-refractivity contribution in [2.45, 2.75) is 6.54 Å². The molecule has 0 spiro atoms. The molecule has 20 heavy (non-hydrogen) atoms. The van der Waals surface area contributed by atoms with Crippen molar-refractivity contribution < 1.29 is 0 Å². The fraction of sp³-hybridized carbons (Fsp3) is 0.0667. The molecule has 0 aliphatic rings. The van der Waals surface area contributed by atoms with E-state index in [9.17, 15) is 0 Å². The van der Waals surface area contributed by atoms with Gasteiger partial charge in [0.1, 0.15) is 5.82 Å². The van der Waals surface area contributed by atoms with E-state index in [2.05, 4.69) is 0 Å². The summed E-state index contributed by atoms with van der Waals surface area (Å²) < 4.78 is 1.94. The van der Waals surface area contributed by atoms with E-state index < -0.39 is 0 Å². The Balaban J connectivity index is 2.09. The van der Waals surface area contributed by atoms with Crippen LogP contribution < -0.4 is 5.73 Å². The SMILES string of the molecule is Nc1c2cc(Cl)c(Cl)cc2cn1Cc1ccccc1Cl. The van der Waals surface area contributed by atoms with Gasteiger partial charge in [-0.25, -0.2) is 0 Å². The highest BCUT2D eigenvalue weighted by atomic mass is 35.5. The average molecular weight is 326 g/mol. The first-order valence-electron chi connectivity index (χ1n) is 6.03. The van der Waals surface area contributed by atoms with Crippen LogP contribution in [-0.4, -0.2) is 4.57 Å². The number of benzene rings is 2. The maximum absolute atomic E-state index is 6.18. The van der Waals surface area contributed by atoms with Crippen LogP contribution in [0.4, 0.5) is 5.82 Å². The third-order valence-electron chi connectivity index (χ3n) is 3.27. The van der Waals surface area contributed by atoms with Crippen LogP contribution in [0.3, 0.4) is 0 Å². The van der Waals surface area contributed by atoms with E-state index in [1.807, 2.05) is 41.1 Å². The molecule has 0 fully saturated rings. The Labute approximate surface area is 131 Å². The zero-order valence-electron chi connectivity index (χ0n) is 10.4. The molecule has 5 heteroatoms. The summed E-state index contributed by atoms with van der Waals surface area (Å²) >= 11 is 18.2. The van der Waals surface area contributed by atoms with Gasteiger partial charge in [-0.2, -0.15) is 0 Å². The van der Waals surface area contributed by atoms with Crippen molar-refractivity contribution in [3.8, 4) is 0 Å². The van der Waals surface area contributed by atoms with Crippen LogP contribution in [-0.2, 0) is 6.54 Å². The Kier molecular flexibility index (Phi) is 3.55. The second-order valence-electron chi connectivity index (χ2n) is 4.59. The number of aromatic nitrogens is 1. The van der Waals surface area contributed by atoms with Gasteiger partial charge in [0.2, 0.25) is 0 Å². The number of rotatable bonds is 2. The smallest absolute Gasteiger partial charge is 0.111 e. The number of hydrogen-bond acceptors (Lipinski definition) is 1. The molecule has 3 aromatic rings. The summed E-state index contributed by atoms with van der Waals surface area (Å²) in [4.78, 5) is 0. The first kappa shape index (κ1) is 13.6. The fourth-order valence-corrected chi connectivity index (χ4v) is 2.76. The summed E-state index contributed by atoms with van der Waals surface area (Å²) in [7, 11) is 0. The first-order chi connectivity index (χ1) is 9.56. The lowest BCUT2D eigenvalue weighted by Gasteiger charge is -2.07. The molecule has 3 rings (SSSR count). The predicted molar refractivity (Wildman–Crippen MR) is 86.9 cm³/mol. The van der Waals surface area contributed by atoms with Crippen LogP contribution in [0.5, 0.6) is 0 Å². The second-order valence-corrected chi connectivity index (χ2v) is 5.81. The standard InChI is InChI=1S/C15H11Cl3N2/c16-12-4-2-1-3-9(12)7-20-8-10-5-13(17)14(18)6-11(10)15(20)19/h1-6,8H,7,19H2. The lowest BCUT2D eigenvalue weighted by Crippen LogP contribution is -2.03. The van der Waals surface area contributed by atoms with Crippen molar-refractivity contribution in [1.29, 1.82) is 0 Å². The van der Waals surface area contributed by atoms with E-state index in [0.717, 1.165) is 21.4 Å². The minimum absolute atomic E-state index is 0.501. The zero-order valence-corrected chi connectivity index (χ0v) is 12.7. The molecule has 0 radical (unpaired) electrons. The highest BCUT2D eigenvalue weighted by Crippen LogP contribution is 2.32. The van der Waals surface area contributed by atoms with Gasteiger partial charge in [0.15, 0.2) is 0 Å². The average Bonchev–Trinajstić information content (AvgIpc) is 2.70. The Morgan fingerprint density at radius 2 is 1.65 bits per heavy atom. The normalized spacial score (nSPS) is 11.2. The van der Waals surface area contributed by atoms with E-state index in [-0.39, 0.29) is 0 Å². The molecule has 2 nitrogen and oxygen atoms in total. The zero-order chi connectivity index (χ0) is 14.3. The third kappa shape index (κ3) is 2.35. The fourth-order valence-electron chi connectivity index (χ4n) is 2.22. The molecule has 0 bridgehead atoms. The molecular formula is C15H11Cl3N2. The first-order valence-corrected chi connectivity index (χ1v) is 7.16. The van der Waals surface area contributed by atoms with Crippen molar-refractivity contribution >= 4 is 51.4 Å². The lowest BCUT2D eigenvalue weighted by molar-refractivity contribution is 0.821. The molecule has 102 valence electrons. The quantitative estimate of drug-likeness (QED) is 0.687. The summed E-state index contributed by atoms with van der Waals surface area (Å²) in [5, 5.41) is 3.60. The Morgan fingerprint density at radius 1 is 0.950 bits per heavy atom. The topological polar surface area (TPSA) is 30.9 Å². The molecule has 1 heterocycles. The summed E-state index contributed by atoms with van der Waals surface area (Å²) in [6.45, 7) is 0.607. The highest BCUT2D eigenvalue weighted by Gasteiger charge is 2.10. The number of nitrogens with two attached hydrogens (primary N) is 1. The number of nitrogens with zero attached hydrogens (tertiary/aromatic N) is 1. The number of nitrogen functional groups attached to an aromatic ring is 1. The molecule has 0 amide bonds. The van der Waals surface area contributed by atoms with Crippen molar-refractivity contribution in [1.82, 2.24) is 4.57 Å². The number of anilines is 1. The van der Waals surface area contributed by atoms with Crippen molar-refractivity contribution in [2.24, 2.45) is 0 Å². The summed E-state index contributed by atoms with van der Waals surface area (Å²) in [5.41, 5.74) is 7.19. The monoisotopic (exact) mass is 324 g/mol. The van der Waals surface area contributed by atoms with Gasteiger partial charge >= 0.3 is 0 Å². The minimum atomic E-state index is 0.501. The van der Waals surface area contributed by atoms with E-state index in [0.29, 0.717) is 22.4 Å². The molecule has 2 N–H and O–H groups in total. The number of hydrogen-bond donors (Lipinski definition) is 1. The molecule has 0 unspecified atom stereocenters. The van der Waals surface area contributed by atoms with E-state index in [1.54, 1.807) is 6.07 Å². The second kappa shape index (κ2) is 5.21. The molecule has 0 atom stereocenters. The van der Waals surface area contributed by atoms with Gasteiger partial charge in [-0.15, -0.1) is 0 Å². The predicted octanol–water partition coefficient (Wildman–Crippen LogP) is 5.23. The third-order valence-corrected chi connectivity index (χ3v) is 4.36. The number of fused-ring (bicyclic) bond motifs is 1. The lowest BCUT2D eigenvalue weighted by atomic mass is 10.2. The Hall–Kier alpha value is -1.35. The van der Waals surface area contributed by atoms with Crippen LogP contribution in [0.1, 0.15) is 5.56 Å². The van der Waals surface area contributed by atoms with Crippen LogP contribution in [0, 0.1) is 0 Å². The van der Waals surface area contributed by atoms with E-state index in [4.69, 9.17) is 40.5 Å². The maximum atomic E-state index is 6.18. The summed E-state index contributed by atoms with van der Waals surface area (Å²) in [6.07, 6.45) is 1.95. The highest BCUT2D eigenvalue weighted by molar-refractivity contribution is 6.43. The van der Waals surface area contributed by atoms with Gasteiger partial charge in [0.25, 0.3) is 0 Å². The van der Waals surface area contributed by atoms with Gasteiger partial charge in [-0.3, -0.25) is 0 Å². The molecular weight excluding hydrogens is 315 g/mol. The maximum Gasteiger partial charge on any atom is 0.111 e. The Morgan fingerprint density at radius 3 is 2.40 bits per heavy atom. The van der Waals surface area contributed by atoms with E-state index in [1.165, 1.54) is 0 Å². The van der Waals surface area contributed by atoms with Gasteiger partial charge in [-0.1, -0.05) is 53.0 Å². The molecule has 0 aliphatic carbocycles. The van der Waals surface area contributed by atoms with Gasteiger partial charge in [0.05, 0.1) is 16.6 Å². The minimum Gasteiger partial charge on any atom is -0.385 e. The molecule has 2 aromatic carbocycles. The van der Waals surface area contributed by atoms with Gasteiger partial charge in [-0.05, 0) is 23.8 Å². The van der Waals surface area contributed by atoms with Gasteiger partial charge < -0.3 is 10.3 Å². The van der Waals surface area contributed by atoms with Crippen LogP contribution in [0.25, 0.3) is 10.8 Å². The van der Waals surface area contributed by atoms with Crippen molar-refractivity contribution in [2.75, 3.05) is 5.73 Å². The Bertz CT molecular complexity index is 793. The van der Waals surface area contributed by atoms with Gasteiger partial charge in [0, 0.05) is 22.0 Å². The number of halogens is 3. The molecule has 0 saturated heterocycles. The summed E-state index contributed by atoms with van der Waals surface area (Å²) in [6, 6.07) is 11.3. The van der Waals surface area contributed by atoms with Crippen LogP contribution in [0.2, 0.25) is 15.1 Å². The summed E-state index contributed by atoms with van der Waals surface area (Å²) in [5.74, 6) is 0.651. The van der Waals surface area contributed by atoms with Crippen LogP contribution >= 0.6 is 34.8 Å².